The Labute approximate surface area is 135 Å². The number of nitrogens with zero attached hydrogens (tertiary/aromatic N) is 3. The van der Waals surface area contributed by atoms with Crippen molar-refractivity contribution in [2.75, 3.05) is 5.32 Å². The first-order valence-electron chi connectivity index (χ1n) is 7.30. The molecule has 3 aromatic rings. The van der Waals surface area contributed by atoms with E-state index in [4.69, 9.17) is 0 Å². The van der Waals surface area contributed by atoms with E-state index in [9.17, 15) is 0 Å². The summed E-state index contributed by atoms with van der Waals surface area (Å²) in [6.07, 6.45) is 7.03. The van der Waals surface area contributed by atoms with Crippen LogP contribution in [0.15, 0.2) is 42.9 Å². The highest BCUT2D eigenvalue weighted by Crippen LogP contribution is 2.23. The SMILES string of the molecule is Cl.c1cnc2ncnc(NCc3ccc4c(c3)CCC4)c2c1. The number of aryl methyl sites for hydroxylation is 2. The predicted octanol–water partition coefficient (Wildman–Crippen LogP) is 3.55. The van der Waals surface area contributed by atoms with Crippen molar-refractivity contribution >= 4 is 29.3 Å². The molecule has 112 valence electrons. The van der Waals surface area contributed by atoms with Crippen LogP contribution in [0.1, 0.15) is 23.1 Å². The lowest BCUT2D eigenvalue weighted by Gasteiger charge is -2.09. The molecule has 1 aliphatic rings. The van der Waals surface area contributed by atoms with Gasteiger partial charge in [-0.1, -0.05) is 18.2 Å². The number of halogens is 1. The summed E-state index contributed by atoms with van der Waals surface area (Å²) < 4.78 is 0. The monoisotopic (exact) mass is 312 g/mol. The molecule has 0 unspecified atom stereocenters. The van der Waals surface area contributed by atoms with Gasteiger partial charge in [-0.3, -0.25) is 0 Å². The van der Waals surface area contributed by atoms with E-state index in [0.717, 1.165) is 23.4 Å². The van der Waals surface area contributed by atoms with Crippen LogP contribution in [0.25, 0.3) is 11.0 Å². The van der Waals surface area contributed by atoms with Crippen molar-refractivity contribution in [3.8, 4) is 0 Å². The highest BCUT2D eigenvalue weighted by molar-refractivity contribution is 5.86. The Kier molecular flexibility index (Phi) is 4.20. The van der Waals surface area contributed by atoms with E-state index in [1.165, 1.54) is 36.0 Å². The van der Waals surface area contributed by atoms with Crippen LogP contribution in [0.2, 0.25) is 0 Å². The third-order valence-corrected chi connectivity index (χ3v) is 4.03. The summed E-state index contributed by atoms with van der Waals surface area (Å²) in [6, 6.07) is 10.7. The van der Waals surface area contributed by atoms with Crippen molar-refractivity contribution in [1.82, 2.24) is 15.0 Å². The van der Waals surface area contributed by atoms with E-state index >= 15 is 0 Å². The fourth-order valence-electron chi connectivity index (χ4n) is 2.96. The van der Waals surface area contributed by atoms with Gasteiger partial charge in [-0.2, -0.15) is 0 Å². The summed E-state index contributed by atoms with van der Waals surface area (Å²) in [4.78, 5) is 12.8. The fourth-order valence-corrected chi connectivity index (χ4v) is 2.96. The van der Waals surface area contributed by atoms with Gasteiger partial charge in [-0.15, -0.1) is 12.4 Å². The number of fused-ring (bicyclic) bond motifs is 2. The smallest absolute Gasteiger partial charge is 0.164 e. The number of pyridine rings is 1. The van der Waals surface area contributed by atoms with Crippen LogP contribution in [-0.4, -0.2) is 15.0 Å². The van der Waals surface area contributed by atoms with Gasteiger partial charge in [0, 0.05) is 12.7 Å². The average Bonchev–Trinajstić information content (AvgIpc) is 3.00. The van der Waals surface area contributed by atoms with Gasteiger partial charge in [0.05, 0.1) is 5.39 Å². The summed E-state index contributed by atoms with van der Waals surface area (Å²) in [6.45, 7) is 0.772. The van der Waals surface area contributed by atoms with Crippen LogP contribution in [-0.2, 0) is 19.4 Å². The number of anilines is 1. The standard InChI is InChI=1S/C17H16N4.ClH/c1-3-13-7-6-12(9-14(13)4-1)10-19-17-15-5-2-8-18-16(15)20-11-21-17;/h2,5-9,11H,1,3-4,10H2,(H,18,19,20,21);1H. The molecule has 0 bridgehead atoms. The first kappa shape index (κ1) is 14.7. The van der Waals surface area contributed by atoms with Crippen LogP contribution in [0.4, 0.5) is 5.82 Å². The zero-order valence-corrected chi connectivity index (χ0v) is 12.9. The molecule has 4 nitrogen and oxygen atoms in total. The number of nitrogens with one attached hydrogen (secondary N) is 1. The Bertz CT molecular complexity index is 798. The molecule has 22 heavy (non-hydrogen) atoms. The van der Waals surface area contributed by atoms with Crippen LogP contribution in [0.5, 0.6) is 0 Å². The second-order valence-electron chi connectivity index (χ2n) is 5.41. The number of hydrogen-bond donors (Lipinski definition) is 1. The van der Waals surface area contributed by atoms with E-state index in [1.54, 1.807) is 12.5 Å². The third kappa shape index (κ3) is 2.74. The lowest BCUT2D eigenvalue weighted by Crippen LogP contribution is -2.03. The van der Waals surface area contributed by atoms with E-state index in [2.05, 4.69) is 38.5 Å². The maximum Gasteiger partial charge on any atom is 0.164 e. The highest BCUT2D eigenvalue weighted by Gasteiger charge is 2.11. The Hall–Kier alpha value is -2.20. The predicted molar refractivity (Wildman–Crippen MR) is 90.4 cm³/mol. The lowest BCUT2D eigenvalue weighted by molar-refractivity contribution is 0.911. The quantitative estimate of drug-likeness (QED) is 0.803. The number of rotatable bonds is 3. The molecule has 0 saturated heterocycles. The second kappa shape index (κ2) is 6.28. The van der Waals surface area contributed by atoms with Gasteiger partial charge in [-0.25, -0.2) is 15.0 Å². The van der Waals surface area contributed by atoms with Crippen molar-refractivity contribution < 1.29 is 0 Å². The largest absolute Gasteiger partial charge is 0.365 e. The summed E-state index contributed by atoms with van der Waals surface area (Å²) in [5.74, 6) is 0.841. The van der Waals surface area contributed by atoms with Crippen LogP contribution in [0, 0.1) is 0 Å². The maximum absolute atomic E-state index is 4.33. The topological polar surface area (TPSA) is 50.7 Å². The fraction of sp³-hybridized carbons (Fsp3) is 0.235. The normalized spacial score (nSPS) is 12.7. The molecule has 0 amide bonds. The molecule has 2 aromatic heterocycles. The van der Waals surface area contributed by atoms with Crippen LogP contribution in [0.3, 0.4) is 0 Å². The molecular weight excluding hydrogens is 296 g/mol. The average molecular weight is 313 g/mol. The van der Waals surface area contributed by atoms with Gasteiger partial charge in [0.1, 0.15) is 12.1 Å². The third-order valence-electron chi connectivity index (χ3n) is 4.03. The Morgan fingerprint density at radius 2 is 1.91 bits per heavy atom. The number of benzene rings is 1. The van der Waals surface area contributed by atoms with E-state index in [-0.39, 0.29) is 12.4 Å². The molecule has 1 aromatic carbocycles. The highest BCUT2D eigenvalue weighted by atomic mass is 35.5. The van der Waals surface area contributed by atoms with Gasteiger partial charge >= 0.3 is 0 Å². The molecule has 0 saturated carbocycles. The van der Waals surface area contributed by atoms with Gasteiger partial charge in [0.25, 0.3) is 0 Å². The van der Waals surface area contributed by atoms with Gasteiger partial charge in [-0.05, 0) is 48.1 Å². The first-order valence-corrected chi connectivity index (χ1v) is 7.30. The molecule has 0 aliphatic heterocycles. The minimum absolute atomic E-state index is 0. The van der Waals surface area contributed by atoms with E-state index < -0.39 is 0 Å². The molecule has 4 rings (SSSR count). The van der Waals surface area contributed by atoms with Gasteiger partial charge in [0.15, 0.2) is 5.65 Å². The van der Waals surface area contributed by atoms with Crippen molar-refractivity contribution in [2.45, 2.75) is 25.8 Å². The minimum atomic E-state index is 0. The Balaban J connectivity index is 0.00000144. The molecular formula is C17H17ClN4. The maximum atomic E-state index is 4.33. The van der Waals surface area contributed by atoms with Crippen LogP contribution < -0.4 is 5.32 Å². The molecule has 0 fully saturated rings. The minimum Gasteiger partial charge on any atom is -0.365 e. The molecule has 0 spiro atoms. The lowest BCUT2D eigenvalue weighted by atomic mass is 10.1. The Morgan fingerprint density at radius 1 is 1.00 bits per heavy atom. The van der Waals surface area contributed by atoms with Gasteiger partial charge in [0.2, 0.25) is 0 Å². The summed E-state index contributed by atoms with van der Waals surface area (Å²) in [5.41, 5.74) is 5.04. The van der Waals surface area contributed by atoms with Gasteiger partial charge < -0.3 is 5.32 Å². The molecule has 0 atom stereocenters. The van der Waals surface area contributed by atoms with Crippen molar-refractivity contribution in [3.05, 3.63) is 59.5 Å². The van der Waals surface area contributed by atoms with Crippen molar-refractivity contribution in [2.24, 2.45) is 0 Å². The van der Waals surface area contributed by atoms with Crippen LogP contribution >= 0.6 is 12.4 Å². The van der Waals surface area contributed by atoms with E-state index in [0.29, 0.717) is 0 Å². The second-order valence-corrected chi connectivity index (χ2v) is 5.41. The molecule has 5 heteroatoms. The van der Waals surface area contributed by atoms with Crippen molar-refractivity contribution in [3.63, 3.8) is 0 Å². The van der Waals surface area contributed by atoms with Crippen molar-refractivity contribution in [1.29, 1.82) is 0 Å². The zero-order valence-electron chi connectivity index (χ0n) is 12.1. The molecule has 1 aliphatic carbocycles. The van der Waals surface area contributed by atoms with E-state index in [1.807, 2.05) is 12.1 Å². The molecule has 1 N–H and O–H groups in total. The summed E-state index contributed by atoms with van der Waals surface area (Å²) >= 11 is 0. The molecule has 2 heterocycles. The number of hydrogen-bond acceptors (Lipinski definition) is 4. The number of aromatic nitrogens is 3. The first-order chi connectivity index (χ1) is 10.4. The summed E-state index contributed by atoms with van der Waals surface area (Å²) in [7, 11) is 0. The zero-order chi connectivity index (χ0) is 14.1. The summed E-state index contributed by atoms with van der Waals surface area (Å²) in [5, 5.41) is 4.36. The Morgan fingerprint density at radius 3 is 2.86 bits per heavy atom. The molecule has 0 radical (unpaired) electrons.